The van der Waals surface area contributed by atoms with Crippen molar-refractivity contribution in [1.82, 2.24) is 15.5 Å². The van der Waals surface area contributed by atoms with Crippen molar-refractivity contribution in [2.24, 2.45) is 4.99 Å². The molecule has 0 unspecified atom stereocenters. The Morgan fingerprint density at radius 1 is 1.16 bits per heavy atom. The number of rotatable bonds is 7. The van der Waals surface area contributed by atoms with Crippen molar-refractivity contribution in [2.45, 2.75) is 45.5 Å². The van der Waals surface area contributed by atoms with E-state index >= 15 is 0 Å². The van der Waals surface area contributed by atoms with Crippen molar-refractivity contribution in [3.63, 3.8) is 0 Å². The van der Waals surface area contributed by atoms with Gasteiger partial charge < -0.3 is 15.4 Å². The number of guanidine groups is 1. The van der Waals surface area contributed by atoms with Crippen molar-refractivity contribution in [3.05, 3.63) is 65.0 Å². The minimum Gasteiger partial charge on any atom is -0.434 e. The van der Waals surface area contributed by atoms with Gasteiger partial charge in [-0.25, -0.2) is 4.39 Å². The van der Waals surface area contributed by atoms with Crippen molar-refractivity contribution in [2.75, 3.05) is 20.1 Å². The summed E-state index contributed by atoms with van der Waals surface area (Å²) in [5.41, 5.74) is 2.69. The molecule has 0 atom stereocenters. The summed E-state index contributed by atoms with van der Waals surface area (Å²) in [6.45, 7) is 1.97. The van der Waals surface area contributed by atoms with Crippen LogP contribution in [0.3, 0.4) is 0 Å². The summed E-state index contributed by atoms with van der Waals surface area (Å²) < 4.78 is 43.7. The van der Waals surface area contributed by atoms with E-state index in [1.807, 2.05) is 0 Å². The lowest BCUT2D eigenvalue weighted by atomic mass is 10.0. The van der Waals surface area contributed by atoms with Gasteiger partial charge in [-0.1, -0.05) is 30.3 Å². The summed E-state index contributed by atoms with van der Waals surface area (Å²) in [5, 5.41) is 6.36. The molecule has 31 heavy (non-hydrogen) atoms. The zero-order chi connectivity index (χ0) is 22.2. The SMILES string of the molecule is CN=C(NCc1c(F)cccc1OC(F)F)NC1CCN(Cc2ccccc2C)CC1. The van der Waals surface area contributed by atoms with Crippen LogP contribution >= 0.6 is 0 Å². The van der Waals surface area contributed by atoms with Gasteiger partial charge in [0.1, 0.15) is 11.6 Å². The van der Waals surface area contributed by atoms with Gasteiger partial charge in [-0.3, -0.25) is 9.89 Å². The van der Waals surface area contributed by atoms with Crippen LogP contribution in [0.25, 0.3) is 0 Å². The van der Waals surface area contributed by atoms with E-state index in [0.29, 0.717) is 5.96 Å². The summed E-state index contributed by atoms with van der Waals surface area (Å²) in [6, 6.07) is 12.5. The molecule has 3 rings (SSSR count). The molecule has 2 aromatic rings. The molecular weight excluding hydrogens is 405 g/mol. The highest BCUT2D eigenvalue weighted by atomic mass is 19.3. The van der Waals surface area contributed by atoms with E-state index in [1.54, 1.807) is 7.05 Å². The number of alkyl halides is 2. The molecule has 1 heterocycles. The van der Waals surface area contributed by atoms with E-state index in [0.717, 1.165) is 32.5 Å². The van der Waals surface area contributed by atoms with Gasteiger partial charge in [-0.2, -0.15) is 8.78 Å². The Kier molecular flexibility index (Phi) is 8.17. The van der Waals surface area contributed by atoms with Crippen LogP contribution in [0.15, 0.2) is 47.5 Å². The molecule has 0 radical (unpaired) electrons. The summed E-state index contributed by atoms with van der Waals surface area (Å²) >= 11 is 0. The van der Waals surface area contributed by atoms with E-state index in [2.05, 4.69) is 56.5 Å². The molecule has 2 aromatic carbocycles. The maximum Gasteiger partial charge on any atom is 0.387 e. The number of ether oxygens (including phenoxy) is 1. The maximum absolute atomic E-state index is 14.1. The van der Waals surface area contributed by atoms with Crippen LogP contribution in [-0.2, 0) is 13.1 Å². The number of hydrogen-bond acceptors (Lipinski definition) is 3. The van der Waals surface area contributed by atoms with Gasteiger partial charge >= 0.3 is 6.61 Å². The number of nitrogens with zero attached hydrogens (tertiary/aromatic N) is 2. The van der Waals surface area contributed by atoms with Crippen LogP contribution in [0.2, 0.25) is 0 Å². The Hall–Kier alpha value is -2.74. The lowest BCUT2D eigenvalue weighted by Crippen LogP contribution is -2.48. The molecule has 0 amide bonds. The normalized spacial score (nSPS) is 15.9. The summed E-state index contributed by atoms with van der Waals surface area (Å²) in [7, 11) is 1.63. The number of nitrogens with one attached hydrogen (secondary N) is 2. The van der Waals surface area contributed by atoms with Crippen molar-refractivity contribution in [1.29, 1.82) is 0 Å². The Morgan fingerprint density at radius 3 is 2.58 bits per heavy atom. The van der Waals surface area contributed by atoms with Gasteiger partial charge in [-0.05, 0) is 43.0 Å². The highest BCUT2D eigenvalue weighted by Gasteiger charge is 2.21. The number of aliphatic imine (C=N–C) groups is 1. The molecule has 0 spiro atoms. The lowest BCUT2D eigenvalue weighted by molar-refractivity contribution is -0.0506. The molecule has 2 N–H and O–H groups in total. The minimum atomic E-state index is -3.01. The van der Waals surface area contributed by atoms with Crippen LogP contribution in [0.4, 0.5) is 13.2 Å². The van der Waals surface area contributed by atoms with E-state index in [1.165, 1.54) is 29.3 Å². The molecule has 1 saturated heterocycles. The highest BCUT2D eigenvalue weighted by molar-refractivity contribution is 5.80. The molecule has 168 valence electrons. The number of halogens is 3. The monoisotopic (exact) mass is 434 g/mol. The fourth-order valence-electron chi connectivity index (χ4n) is 3.74. The third-order valence-corrected chi connectivity index (χ3v) is 5.53. The number of hydrogen-bond donors (Lipinski definition) is 2. The van der Waals surface area contributed by atoms with Gasteiger partial charge in [-0.15, -0.1) is 0 Å². The van der Waals surface area contributed by atoms with E-state index < -0.39 is 12.4 Å². The van der Waals surface area contributed by atoms with Gasteiger partial charge in [0.25, 0.3) is 0 Å². The predicted octanol–water partition coefficient (Wildman–Crippen LogP) is 4.07. The number of benzene rings is 2. The second-order valence-electron chi connectivity index (χ2n) is 7.64. The average Bonchev–Trinajstić information content (AvgIpc) is 2.75. The molecule has 8 heteroatoms. The maximum atomic E-state index is 14.1. The highest BCUT2D eigenvalue weighted by Crippen LogP contribution is 2.23. The Morgan fingerprint density at radius 2 is 1.90 bits per heavy atom. The first-order valence-corrected chi connectivity index (χ1v) is 10.4. The fraction of sp³-hybridized carbons (Fsp3) is 0.435. The van der Waals surface area contributed by atoms with E-state index in [-0.39, 0.29) is 23.9 Å². The standard InChI is InChI=1S/C23H29F3N4O/c1-16-6-3-4-7-17(16)15-30-12-10-18(11-13-30)29-23(27-2)28-14-19-20(24)8-5-9-21(19)31-22(25)26/h3-9,18,22H,10-15H2,1-2H3,(H2,27,28,29). The zero-order valence-electron chi connectivity index (χ0n) is 17.9. The molecule has 1 aliphatic heterocycles. The Bertz CT molecular complexity index is 883. The van der Waals surface area contributed by atoms with Crippen LogP contribution < -0.4 is 15.4 Å². The fourth-order valence-corrected chi connectivity index (χ4v) is 3.74. The van der Waals surface area contributed by atoms with Crippen molar-refractivity contribution < 1.29 is 17.9 Å². The van der Waals surface area contributed by atoms with Crippen molar-refractivity contribution >= 4 is 5.96 Å². The first-order valence-electron chi connectivity index (χ1n) is 10.4. The van der Waals surface area contributed by atoms with Gasteiger partial charge in [0.15, 0.2) is 5.96 Å². The van der Waals surface area contributed by atoms with Crippen molar-refractivity contribution in [3.8, 4) is 5.75 Å². The largest absolute Gasteiger partial charge is 0.434 e. The number of piperidine rings is 1. The topological polar surface area (TPSA) is 48.9 Å². The van der Waals surface area contributed by atoms with E-state index in [9.17, 15) is 13.2 Å². The second kappa shape index (κ2) is 11.0. The van der Waals surface area contributed by atoms with Gasteiger partial charge in [0.05, 0.1) is 0 Å². The molecule has 0 saturated carbocycles. The third kappa shape index (κ3) is 6.62. The molecule has 0 aromatic heterocycles. The van der Waals surface area contributed by atoms with Crippen LogP contribution in [-0.4, -0.2) is 43.6 Å². The third-order valence-electron chi connectivity index (χ3n) is 5.53. The Balaban J connectivity index is 1.50. The molecule has 0 bridgehead atoms. The summed E-state index contributed by atoms with van der Waals surface area (Å²) in [4.78, 5) is 6.62. The smallest absolute Gasteiger partial charge is 0.387 e. The molecule has 0 aliphatic carbocycles. The first-order chi connectivity index (χ1) is 15.0. The Labute approximate surface area is 181 Å². The second-order valence-corrected chi connectivity index (χ2v) is 7.64. The average molecular weight is 435 g/mol. The molecule has 1 aliphatic rings. The predicted molar refractivity (Wildman–Crippen MR) is 116 cm³/mol. The van der Waals surface area contributed by atoms with Gasteiger partial charge in [0, 0.05) is 44.8 Å². The molecule has 5 nitrogen and oxygen atoms in total. The zero-order valence-corrected chi connectivity index (χ0v) is 17.9. The van der Waals surface area contributed by atoms with Gasteiger partial charge in [0.2, 0.25) is 0 Å². The quantitative estimate of drug-likeness (QED) is 0.510. The number of aryl methyl sites for hydroxylation is 1. The van der Waals surface area contributed by atoms with Crippen LogP contribution in [0, 0.1) is 12.7 Å². The van der Waals surface area contributed by atoms with Crippen LogP contribution in [0.1, 0.15) is 29.5 Å². The molecule has 1 fully saturated rings. The lowest BCUT2D eigenvalue weighted by Gasteiger charge is -2.33. The van der Waals surface area contributed by atoms with E-state index in [4.69, 9.17) is 0 Å². The first kappa shape index (κ1) is 22.9. The number of likely N-dealkylation sites (tertiary alicyclic amines) is 1. The summed E-state index contributed by atoms with van der Waals surface area (Å²) in [5.74, 6) is -0.281. The minimum absolute atomic E-state index is 0.0134. The summed E-state index contributed by atoms with van der Waals surface area (Å²) in [6.07, 6.45) is 1.90. The molecular formula is C23H29F3N4O. The van der Waals surface area contributed by atoms with Crippen LogP contribution in [0.5, 0.6) is 5.75 Å².